The van der Waals surface area contributed by atoms with Gasteiger partial charge in [0.15, 0.2) is 11.5 Å². The van der Waals surface area contributed by atoms with Crippen LogP contribution in [0.2, 0.25) is 0 Å². The van der Waals surface area contributed by atoms with E-state index in [1.54, 1.807) is 18.3 Å². The van der Waals surface area contributed by atoms with E-state index in [0.717, 1.165) is 15.7 Å². The molecular weight excluding hydrogens is 318 g/mol. The quantitative estimate of drug-likeness (QED) is 0.830. The van der Waals surface area contributed by atoms with Crippen molar-refractivity contribution in [1.29, 1.82) is 0 Å². The second-order valence-corrected chi connectivity index (χ2v) is 5.23. The summed E-state index contributed by atoms with van der Waals surface area (Å²) in [5, 5.41) is 10.1. The summed E-state index contributed by atoms with van der Waals surface area (Å²) in [7, 11) is 0. The topological polar surface area (TPSA) is 41.8 Å². The van der Waals surface area contributed by atoms with Gasteiger partial charge in [-0.05, 0) is 49.7 Å². The fourth-order valence-electron chi connectivity index (χ4n) is 1.82. The molecule has 1 N–H and O–H groups in total. The number of hydrogen-bond acceptors (Lipinski definition) is 3. The molecule has 20 heavy (non-hydrogen) atoms. The predicted octanol–water partition coefficient (Wildman–Crippen LogP) is 4.61. The van der Waals surface area contributed by atoms with Crippen LogP contribution in [-0.2, 0) is 0 Å². The molecule has 0 saturated heterocycles. The summed E-state index contributed by atoms with van der Waals surface area (Å²) in [5.74, 6) is 0.594. The molecule has 0 radical (unpaired) electrons. The number of hydrogen-bond donors (Lipinski definition) is 1. The van der Waals surface area contributed by atoms with E-state index in [2.05, 4.69) is 20.9 Å². The summed E-state index contributed by atoms with van der Waals surface area (Å²) < 4.78 is 6.37. The molecule has 3 nitrogen and oxygen atoms in total. The number of ether oxygens (including phenoxy) is 1. The number of rotatable bonds is 4. The number of aromatic hydroxyl groups is 1. The Bertz CT molecular complexity index is 638. The Morgan fingerprint density at radius 3 is 2.80 bits per heavy atom. The molecule has 0 saturated carbocycles. The maximum absolute atomic E-state index is 10.1. The molecule has 0 aromatic heterocycles. The summed E-state index contributed by atoms with van der Waals surface area (Å²) in [6.07, 6.45) is 1.65. The lowest BCUT2D eigenvalue weighted by Crippen LogP contribution is -1.93. The highest BCUT2D eigenvalue weighted by atomic mass is 79.9. The average molecular weight is 334 g/mol. The second kappa shape index (κ2) is 6.57. The van der Waals surface area contributed by atoms with Gasteiger partial charge in [-0.25, -0.2) is 0 Å². The molecule has 0 aliphatic heterocycles. The third-order valence-corrected chi connectivity index (χ3v) is 3.32. The number of aryl methyl sites for hydroxylation is 1. The maximum Gasteiger partial charge on any atom is 0.166 e. The monoisotopic (exact) mass is 333 g/mol. The molecule has 104 valence electrons. The van der Waals surface area contributed by atoms with Gasteiger partial charge in [-0.2, -0.15) is 0 Å². The molecule has 2 aromatic carbocycles. The summed E-state index contributed by atoms with van der Waals surface area (Å²) in [4.78, 5) is 4.42. The first kappa shape index (κ1) is 14.6. The lowest BCUT2D eigenvalue weighted by molar-refractivity contribution is 0.318. The van der Waals surface area contributed by atoms with Crippen LogP contribution in [0.15, 0.2) is 45.9 Å². The lowest BCUT2D eigenvalue weighted by Gasteiger charge is -2.07. The van der Waals surface area contributed by atoms with Crippen molar-refractivity contribution in [3.63, 3.8) is 0 Å². The van der Waals surface area contributed by atoms with E-state index in [1.807, 2.05) is 38.1 Å². The van der Waals surface area contributed by atoms with E-state index < -0.39 is 0 Å². The number of nitrogens with zero attached hydrogens (tertiary/aromatic N) is 1. The van der Waals surface area contributed by atoms with Crippen molar-refractivity contribution in [2.45, 2.75) is 13.8 Å². The standard InChI is InChI=1S/C16H16BrNO2/c1-3-20-15-6-4-5-12(16(15)19)10-18-14-8-7-13(17)9-11(14)2/h4-10,19H,3H2,1-2H3. The highest BCUT2D eigenvalue weighted by Crippen LogP contribution is 2.29. The summed E-state index contributed by atoms with van der Waals surface area (Å²) >= 11 is 3.42. The normalized spacial score (nSPS) is 10.9. The molecule has 2 aromatic rings. The average Bonchev–Trinajstić information content (AvgIpc) is 2.42. The molecule has 0 aliphatic carbocycles. The van der Waals surface area contributed by atoms with E-state index >= 15 is 0 Å². The highest BCUT2D eigenvalue weighted by molar-refractivity contribution is 9.10. The molecule has 0 atom stereocenters. The Kier molecular flexibility index (Phi) is 4.79. The van der Waals surface area contributed by atoms with Crippen molar-refractivity contribution in [2.24, 2.45) is 4.99 Å². The summed E-state index contributed by atoms with van der Waals surface area (Å²) in [6.45, 7) is 4.39. The predicted molar refractivity (Wildman–Crippen MR) is 85.4 cm³/mol. The van der Waals surface area contributed by atoms with Crippen LogP contribution >= 0.6 is 15.9 Å². The highest BCUT2D eigenvalue weighted by Gasteiger charge is 2.05. The number of phenolic OH excluding ortho intramolecular Hbond substituents is 1. The van der Waals surface area contributed by atoms with Crippen LogP contribution in [0.5, 0.6) is 11.5 Å². The van der Waals surface area contributed by atoms with Crippen molar-refractivity contribution in [1.82, 2.24) is 0 Å². The Morgan fingerprint density at radius 1 is 1.30 bits per heavy atom. The molecule has 0 aliphatic rings. The first-order chi connectivity index (χ1) is 9.61. The molecule has 0 spiro atoms. The van der Waals surface area contributed by atoms with Crippen LogP contribution in [-0.4, -0.2) is 17.9 Å². The van der Waals surface area contributed by atoms with Crippen molar-refractivity contribution < 1.29 is 9.84 Å². The molecule has 0 unspecified atom stereocenters. The Balaban J connectivity index is 2.29. The molecular formula is C16H16BrNO2. The van der Waals surface area contributed by atoms with Crippen LogP contribution in [0.25, 0.3) is 0 Å². The molecule has 0 heterocycles. The van der Waals surface area contributed by atoms with E-state index in [4.69, 9.17) is 4.74 Å². The molecule has 0 bridgehead atoms. The first-order valence-electron chi connectivity index (χ1n) is 6.37. The largest absolute Gasteiger partial charge is 0.504 e. The summed E-state index contributed by atoms with van der Waals surface area (Å²) in [6, 6.07) is 11.2. The van der Waals surface area contributed by atoms with Gasteiger partial charge in [0, 0.05) is 16.3 Å². The number of halogens is 1. The third kappa shape index (κ3) is 3.39. The van der Waals surface area contributed by atoms with Crippen LogP contribution in [0, 0.1) is 6.92 Å². The molecule has 0 amide bonds. The van der Waals surface area contributed by atoms with Gasteiger partial charge in [0.05, 0.1) is 12.3 Å². The molecule has 2 rings (SSSR count). The van der Waals surface area contributed by atoms with Crippen molar-refractivity contribution >= 4 is 27.8 Å². The zero-order chi connectivity index (χ0) is 14.5. The van der Waals surface area contributed by atoms with E-state index in [9.17, 15) is 5.11 Å². The van der Waals surface area contributed by atoms with Gasteiger partial charge in [0.1, 0.15) is 0 Å². The first-order valence-corrected chi connectivity index (χ1v) is 7.16. The van der Waals surface area contributed by atoms with Crippen molar-refractivity contribution in [2.75, 3.05) is 6.61 Å². The minimum Gasteiger partial charge on any atom is -0.504 e. The van der Waals surface area contributed by atoms with Crippen molar-refractivity contribution in [3.8, 4) is 11.5 Å². The number of benzene rings is 2. The Morgan fingerprint density at radius 2 is 2.10 bits per heavy atom. The van der Waals surface area contributed by atoms with Crippen LogP contribution < -0.4 is 4.74 Å². The number of phenols is 1. The van der Waals surface area contributed by atoms with Gasteiger partial charge in [0.2, 0.25) is 0 Å². The number of aliphatic imine (C=N–C) groups is 1. The fraction of sp³-hybridized carbons (Fsp3) is 0.188. The Hall–Kier alpha value is -1.81. The second-order valence-electron chi connectivity index (χ2n) is 4.32. The number of para-hydroxylation sites is 1. The minimum atomic E-state index is 0.118. The molecule has 0 fully saturated rings. The molecule has 4 heteroatoms. The van der Waals surface area contributed by atoms with Gasteiger partial charge < -0.3 is 9.84 Å². The van der Waals surface area contributed by atoms with Crippen molar-refractivity contribution in [3.05, 3.63) is 52.0 Å². The zero-order valence-electron chi connectivity index (χ0n) is 11.4. The van der Waals surface area contributed by atoms with Crippen LogP contribution in [0.1, 0.15) is 18.1 Å². The van der Waals surface area contributed by atoms with Gasteiger partial charge in [-0.15, -0.1) is 0 Å². The van der Waals surface area contributed by atoms with Gasteiger partial charge in [-0.1, -0.05) is 22.0 Å². The lowest BCUT2D eigenvalue weighted by atomic mass is 10.2. The minimum absolute atomic E-state index is 0.118. The third-order valence-electron chi connectivity index (χ3n) is 2.83. The van der Waals surface area contributed by atoms with Gasteiger partial charge in [-0.3, -0.25) is 4.99 Å². The van der Waals surface area contributed by atoms with E-state index in [1.165, 1.54) is 0 Å². The Labute approximate surface area is 127 Å². The van der Waals surface area contributed by atoms with E-state index in [-0.39, 0.29) is 5.75 Å². The zero-order valence-corrected chi connectivity index (χ0v) is 13.0. The SMILES string of the molecule is CCOc1cccc(C=Nc2ccc(Br)cc2C)c1O. The smallest absolute Gasteiger partial charge is 0.166 e. The van der Waals surface area contributed by atoms with Gasteiger partial charge >= 0.3 is 0 Å². The van der Waals surface area contributed by atoms with Gasteiger partial charge in [0.25, 0.3) is 0 Å². The maximum atomic E-state index is 10.1. The summed E-state index contributed by atoms with van der Waals surface area (Å²) in [5.41, 5.74) is 2.57. The van der Waals surface area contributed by atoms with Crippen LogP contribution in [0.4, 0.5) is 5.69 Å². The van der Waals surface area contributed by atoms with Crippen LogP contribution in [0.3, 0.4) is 0 Å². The van der Waals surface area contributed by atoms with E-state index in [0.29, 0.717) is 17.9 Å². The fourth-order valence-corrected chi connectivity index (χ4v) is 2.29.